The fourth-order valence-corrected chi connectivity index (χ4v) is 2.82. The molecule has 0 bridgehead atoms. The Morgan fingerprint density at radius 2 is 1.70 bits per heavy atom. The summed E-state index contributed by atoms with van der Waals surface area (Å²) in [6.45, 7) is 5.10. The first-order valence-electron chi connectivity index (χ1n) is 9.07. The van der Waals surface area contributed by atoms with Crippen LogP contribution in [-0.2, 0) is 13.0 Å². The van der Waals surface area contributed by atoms with Gasteiger partial charge in [0.2, 0.25) is 5.95 Å². The highest BCUT2D eigenvalue weighted by atomic mass is 16.1. The minimum Gasteiger partial charge on any atom is -0.350 e. The Morgan fingerprint density at radius 1 is 0.926 bits per heavy atom. The standard InChI is InChI=1S/C22H24N4O/c1-16-7-6-10-19(13-16)15-24-22-25-17(2)14-20(26-22)21(27)23-12-11-18-8-4-3-5-9-18/h3-10,13-14H,11-12,15H2,1-2H3,(H,23,27)(H,24,25,26). The number of anilines is 1. The number of nitrogens with one attached hydrogen (secondary N) is 2. The van der Waals surface area contributed by atoms with Gasteiger partial charge in [0.25, 0.3) is 5.91 Å². The van der Waals surface area contributed by atoms with Crippen LogP contribution < -0.4 is 10.6 Å². The Bertz CT molecular complexity index is 909. The van der Waals surface area contributed by atoms with Crippen LogP contribution in [0, 0.1) is 13.8 Å². The van der Waals surface area contributed by atoms with Gasteiger partial charge in [-0.05, 0) is 37.5 Å². The first-order valence-corrected chi connectivity index (χ1v) is 9.07. The molecular weight excluding hydrogens is 336 g/mol. The van der Waals surface area contributed by atoms with Crippen molar-refractivity contribution in [3.05, 3.63) is 88.7 Å². The van der Waals surface area contributed by atoms with Crippen molar-refractivity contribution in [2.75, 3.05) is 11.9 Å². The zero-order chi connectivity index (χ0) is 19.1. The second-order valence-electron chi connectivity index (χ2n) is 6.55. The number of benzene rings is 2. The lowest BCUT2D eigenvalue weighted by molar-refractivity contribution is 0.0949. The average Bonchev–Trinajstić information content (AvgIpc) is 2.67. The van der Waals surface area contributed by atoms with Gasteiger partial charge in [0.05, 0.1) is 0 Å². The van der Waals surface area contributed by atoms with E-state index in [1.165, 1.54) is 11.1 Å². The molecule has 2 aromatic carbocycles. The van der Waals surface area contributed by atoms with Gasteiger partial charge in [-0.1, -0.05) is 60.2 Å². The smallest absolute Gasteiger partial charge is 0.270 e. The lowest BCUT2D eigenvalue weighted by atomic mass is 10.1. The molecule has 0 aliphatic heterocycles. The molecule has 3 aromatic rings. The van der Waals surface area contributed by atoms with E-state index in [1.807, 2.05) is 49.4 Å². The molecule has 3 rings (SSSR count). The van der Waals surface area contributed by atoms with Crippen molar-refractivity contribution < 1.29 is 4.79 Å². The van der Waals surface area contributed by atoms with Gasteiger partial charge < -0.3 is 10.6 Å². The normalized spacial score (nSPS) is 10.4. The molecule has 0 atom stereocenters. The number of hydrogen-bond acceptors (Lipinski definition) is 4. The van der Waals surface area contributed by atoms with Crippen LogP contribution in [0.5, 0.6) is 0 Å². The minimum absolute atomic E-state index is 0.185. The lowest BCUT2D eigenvalue weighted by Gasteiger charge is -2.09. The summed E-state index contributed by atoms with van der Waals surface area (Å²) >= 11 is 0. The van der Waals surface area contributed by atoms with Crippen molar-refractivity contribution in [3.8, 4) is 0 Å². The van der Waals surface area contributed by atoms with Crippen LogP contribution in [0.3, 0.4) is 0 Å². The number of carbonyl (C=O) groups excluding carboxylic acids is 1. The molecule has 0 spiro atoms. The van der Waals surface area contributed by atoms with Crippen LogP contribution >= 0.6 is 0 Å². The molecule has 5 heteroatoms. The molecule has 0 unspecified atom stereocenters. The second-order valence-corrected chi connectivity index (χ2v) is 6.55. The van der Waals surface area contributed by atoms with Crippen molar-refractivity contribution in [2.24, 2.45) is 0 Å². The van der Waals surface area contributed by atoms with Gasteiger partial charge >= 0.3 is 0 Å². The van der Waals surface area contributed by atoms with Gasteiger partial charge in [0, 0.05) is 18.8 Å². The van der Waals surface area contributed by atoms with Crippen LogP contribution in [0.4, 0.5) is 5.95 Å². The van der Waals surface area contributed by atoms with Crippen molar-refractivity contribution in [3.63, 3.8) is 0 Å². The quantitative estimate of drug-likeness (QED) is 0.674. The van der Waals surface area contributed by atoms with Gasteiger partial charge in [0.15, 0.2) is 0 Å². The molecule has 27 heavy (non-hydrogen) atoms. The van der Waals surface area contributed by atoms with E-state index in [1.54, 1.807) is 6.07 Å². The Balaban J connectivity index is 1.59. The summed E-state index contributed by atoms with van der Waals surface area (Å²) in [5, 5.41) is 6.13. The number of carbonyl (C=O) groups is 1. The molecule has 5 nitrogen and oxygen atoms in total. The Hall–Kier alpha value is -3.21. The Kier molecular flexibility index (Phi) is 6.15. The second kappa shape index (κ2) is 8.94. The molecule has 138 valence electrons. The summed E-state index contributed by atoms with van der Waals surface area (Å²) in [7, 11) is 0. The van der Waals surface area contributed by atoms with E-state index in [2.05, 4.69) is 39.7 Å². The van der Waals surface area contributed by atoms with Gasteiger partial charge in [-0.2, -0.15) is 0 Å². The number of nitrogens with zero attached hydrogens (tertiary/aromatic N) is 2. The van der Waals surface area contributed by atoms with Crippen LogP contribution in [0.1, 0.15) is 32.9 Å². The summed E-state index contributed by atoms with van der Waals surface area (Å²) in [6, 6.07) is 20.0. The minimum atomic E-state index is -0.185. The molecule has 0 aliphatic rings. The fourth-order valence-electron chi connectivity index (χ4n) is 2.82. The van der Waals surface area contributed by atoms with Crippen LogP contribution in [-0.4, -0.2) is 22.4 Å². The summed E-state index contributed by atoms with van der Waals surface area (Å²) < 4.78 is 0. The number of rotatable bonds is 7. The van der Waals surface area contributed by atoms with Crippen molar-refractivity contribution in [2.45, 2.75) is 26.8 Å². The van der Waals surface area contributed by atoms with Gasteiger partial charge in [0.1, 0.15) is 5.69 Å². The van der Waals surface area contributed by atoms with E-state index in [0.29, 0.717) is 24.7 Å². The van der Waals surface area contributed by atoms with Gasteiger partial charge in [-0.15, -0.1) is 0 Å². The van der Waals surface area contributed by atoms with Crippen LogP contribution in [0.15, 0.2) is 60.7 Å². The highest BCUT2D eigenvalue weighted by Gasteiger charge is 2.10. The van der Waals surface area contributed by atoms with E-state index in [0.717, 1.165) is 17.7 Å². The maximum Gasteiger partial charge on any atom is 0.270 e. The van der Waals surface area contributed by atoms with Crippen molar-refractivity contribution in [1.29, 1.82) is 0 Å². The van der Waals surface area contributed by atoms with Gasteiger partial charge in [-0.3, -0.25) is 4.79 Å². The zero-order valence-electron chi connectivity index (χ0n) is 15.7. The molecule has 1 aromatic heterocycles. The van der Waals surface area contributed by atoms with Crippen LogP contribution in [0.2, 0.25) is 0 Å². The van der Waals surface area contributed by atoms with E-state index in [-0.39, 0.29) is 5.91 Å². The topological polar surface area (TPSA) is 66.9 Å². The highest BCUT2D eigenvalue weighted by molar-refractivity contribution is 5.92. The van der Waals surface area contributed by atoms with E-state index >= 15 is 0 Å². The Labute approximate surface area is 159 Å². The number of hydrogen-bond donors (Lipinski definition) is 2. The van der Waals surface area contributed by atoms with E-state index in [4.69, 9.17) is 0 Å². The van der Waals surface area contributed by atoms with Crippen LogP contribution in [0.25, 0.3) is 0 Å². The van der Waals surface area contributed by atoms with E-state index < -0.39 is 0 Å². The summed E-state index contributed by atoms with van der Waals surface area (Å²) in [5.74, 6) is 0.278. The zero-order valence-corrected chi connectivity index (χ0v) is 15.7. The summed E-state index contributed by atoms with van der Waals surface area (Å²) in [5.41, 5.74) is 4.68. The summed E-state index contributed by atoms with van der Waals surface area (Å²) in [6.07, 6.45) is 0.787. The average molecular weight is 360 g/mol. The van der Waals surface area contributed by atoms with Gasteiger partial charge in [-0.25, -0.2) is 9.97 Å². The lowest BCUT2D eigenvalue weighted by Crippen LogP contribution is -2.27. The predicted octanol–water partition coefficient (Wildman–Crippen LogP) is 3.68. The third kappa shape index (κ3) is 5.64. The molecule has 0 aliphatic carbocycles. The molecule has 2 N–H and O–H groups in total. The number of aromatic nitrogens is 2. The maximum atomic E-state index is 12.4. The van der Waals surface area contributed by atoms with Crippen molar-refractivity contribution >= 4 is 11.9 Å². The summed E-state index contributed by atoms with van der Waals surface area (Å²) in [4.78, 5) is 21.2. The third-order valence-corrected chi connectivity index (χ3v) is 4.16. The number of aryl methyl sites for hydroxylation is 2. The molecule has 0 radical (unpaired) electrons. The third-order valence-electron chi connectivity index (χ3n) is 4.16. The highest BCUT2D eigenvalue weighted by Crippen LogP contribution is 2.09. The SMILES string of the molecule is Cc1cccc(CNc2nc(C)cc(C(=O)NCCc3ccccc3)n2)c1. The molecule has 1 heterocycles. The predicted molar refractivity (Wildman–Crippen MR) is 108 cm³/mol. The molecular formula is C22H24N4O. The monoisotopic (exact) mass is 360 g/mol. The molecule has 0 saturated heterocycles. The maximum absolute atomic E-state index is 12.4. The molecule has 0 fully saturated rings. The Morgan fingerprint density at radius 3 is 2.48 bits per heavy atom. The first-order chi connectivity index (χ1) is 13.1. The van der Waals surface area contributed by atoms with E-state index in [9.17, 15) is 4.79 Å². The number of amides is 1. The fraction of sp³-hybridized carbons (Fsp3) is 0.227. The first kappa shape index (κ1) is 18.6. The van der Waals surface area contributed by atoms with Crippen molar-refractivity contribution in [1.82, 2.24) is 15.3 Å². The largest absolute Gasteiger partial charge is 0.350 e. The molecule has 1 amide bonds. The molecule has 0 saturated carbocycles.